The van der Waals surface area contributed by atoms with E-state index < -0.39 is 6.09 Å². The van der Waals surface area contributed by atoms with Crippen molar-refractivity contribution in [2.75, 3.05) is 6.61 Å². The summed E-state index contributed by atoms with van der Waals surface area (Å²) >= 11 is 7.81. The highest BCUT2D eigenvalue weighted by Gasteiger charge is 2.21. The summed E-state index contributed by atoms with van der Waals surface area (Å²) in [5.74, 6) is 1.06. The molecule has 1 aromatic carbocycles. The van der Waals surface area contributed by atoms with Gasteiger partial charge in [0.2, 0.25) is 0 Å². The number of rotatable bonds is 8. The quantitative estimate of drug-likeness (QED) is 0.550. The normalized spacial score (nSPS) is 11.0. The number of pyridine rings is 1. The minimum atomic E-state index is -0.784. The van der Waals surface area contributed by atoms with Gasteiger partial charge >= 0.3 is 6.09 Å². The van der Waals surface area contributed by atoms with Crippen LogP contribution in [0.15, 0.2) is 58.7 Å². The van der Waals surface area contributed by atoms with Crippen LogP contribution in [0, 0.1) is 0 Å². The van der Waals surface area contributed by atoms with Crippen LogP contribution in [0.1, 0.15) is 36.8 Å². The van der Waals surface area contributed by atoms with Gasteiger partial charge in [-0.1, -0.05) is 49.3 Å². The van der Waals surface area contributed by atoms with Gasteiger partial charge in [0.25, 0.3) is 0 Å². The molecule has 0 atom stereocenters. The Morgan fingerprint density at radius 2 is 2.14 bits per heavy atom. The van der Waals surface area contributed by atoms with Gasteiger partial charge in [-0.3, -0.25) is 4.98 Å². The lowest BCUT2D eigenvalue weighted by Gasteiger charge is -2.13. The molecule has 0 radical (unpaired) electrons. The summed E-state index contributed by atoms with van der Waals surface area (Å²) in [6, 6.07) is 11.7. The van der Waals surface area contributed by atoms with Gasteiger partial charge in [-0.2, -0.15) is 0 Å². The summed E-state index contributed by atoms with van der Waals surface area (Å²) in [4.78, 5) is 21.1. The average molecular weight is 431 g/mol. The van der Waals surface area contributed by atoms with Crippen molar-refractivity contribution in [1.82, 2.24) is 14.5 Å². The van der Waals surface area contributed by atoms with Crippen LogP contribution >= 0.6 is 23.4 Å². The van der Waals surface area contributed by atoms with Crippen molar-refractivity contribution in [2.45, 2.75) is 42.7 Å². The zero-order valence-electron chi connectivity index (χ0n) is 16.3. The number of aromatic nitrogens is 3. The van der Waals surface area contributed by atoms with Crippen molar-refractivity contribution in [1.29, 1.82) is 0 Å². The number of carbonyl (C=O) groups is 1. The molecule has 29 heavy (non-hydrogen) atoms. The van der Waals surface area contributed by atoms with Crippen molar-refractivity contribution in [3.8, 4) is 0 Å². The molecule has 2 heterocycles. The number of halogens is 1. The lowest BCUT2D eigenvalue weighted by atomic mass is 10.1. The maximum absolute atomic E-state index is 11.0. The van der Waals surface area contributed by atoms with Gasteiger partial charge in [0.1, 0.15) is 17.5 Å². The van der Waals surface area contributed by atoms with E-state index in [1.807, 2.05) is 42.6 Å². The predicted molar refractivity (Wildman–Crippen MR) is 114 cm³/mol. The highest BCUT2D eigenvalue weighted by Crippen LogP contribution is 2.36. The van der Waals surface area contributed by atoms with E-state index in [0.29, 0.717) is 18.0 Å². The molecule has 8 heteroatoms. The van der Waals surface area contributed by atoms with Crippen LogP contribution in [0.3, 0.4) is 0 Å². The van der Waals surface area contributed by atoms with E-state index in [4.69, 9.17) is 27.1 Å². The lowest BCUT2D eigenvalue weighted by molar-refractivity contribution is 0.157. The number of hydrogen-bond acceptors (Lipinski definition) is 5. The van der Waals surface area contributed by atoms with E-state index in [1.54, 1.807) is 18.0 Å². The molecule has 0 unspecified atom stereocenters. The van der Waals surface area contributed by atoms with E-state index in [1.165, 1.54) is 0 Å². The Labute approximate surface area is 179 Å². The van der Waals surface area contributed by atoms with Gasteiger partial charge < -0.3 is 15.0 Å². The first kappa shape index (κ1) is 21.2. The second-order valence-electron chi connectivity index (χ2n) is 6.80. The monoisotopic (exact) mass is 430 g/mol. The highest BCUT2D eigenvalue weighted by atomic mass is 35.5. The van der Waals surface area contributed by atoms with E-state index >= 15 is 0 Å². The molecule has 0 spiro atoms. The molecule has 0 bridgehead atoms. The molecular formula is C21H23ClN4O2S. The molecule has 152 valence electrons. The lowest BCUT2D eigenvalue weighted by Crippen LogP contribution is -2.16. The molecule has 0 fully saturated rings. The Kier molecular flexibility index (Phi) is 7.17. The summed E-state index contributed by atoms with van der Waals surface area (Å²) in [5, 5.41) is 1.73. The molecule has 2 N–H and O–H groups in total. The fraction of sp³-hybridized carbons (Fsp3) is 0.286. The second kappa shape index (κ2) is 9.80. The van der Waals surface area contributed by atoms with E-state index in [-0.39, 0.29) is 12.5 Å². The first-order valence-electron chi connectivity index (χ1n) is 9.28. The highest BCUT2D eigenvalue weighted by molar-refractivity contribution is 7.99. The third-order valence-electron chi connectivity index (χ3n) is 4.22. The van der Waals surface area contributed by atoms with Gasteiger partial charge in [-0.05, 0) is 35.7 Å². The number of hydrogen-bond donors (Lipinski definition) is 1. The third-order valence-corrected chi connectivity index (χ3v) is 5.56. The van der Waals surface area contributed by atoms with E-state index in [0.717, 1.165) is 27.0 Å². The van der Waals surface area contributed by atoms with Crippen molar-refractivity contribution >= 4 is 29.5 Å². The summed E-state index contributed by atoms with van der Waals surface area (Å²) < 4.78 is 7.10. The fourth-order valence-electron chi connectivity index (χ4n) is 2.90. The van der Waals surface area contributed by atoms with E-state index in [2.05, 4.69) is 23.4 Å². The number of nitrogens with two attached hydrogens (primary N) is 1. The minimum absolute atomic E-state index is 0.179. The average Bonchev–Trinajstić information content (AvgIpc) is 3.00. The molecule has 0 aliphatic rings. The topological polar surface area (TPSA) is 83.0 Å². The second-order valence-corrected chi connectivity index (χ2v) is 8.30. The molecule has 3 rings (SSSR count). The van der Waals surface area contributed by atoms with Gasteiger partial charge in [-0.15, -0.1) is 0 Å². The Hall–Kier alpha value is -2.51. The molecule has 0 saturated carbocycles. The number of ether oxygens (including phenoxy) is 1. The molecule has 0 aliphatic carbocycles. The Morgan fingerprint density at radius 1 is 1.31 bits per heavy atom. The molecule has 3 aromatic rings. The molecule has 2 aromatic heterocycles. The zero-order chi connectivity index (χ0) is 20.8. The van der Waals surface area contributed by atoms with Crippen LogP contribution in [-0.4, -0.2) is 27.2 Å². The Balaban J connectivity index is 2.01. The zero-order valence-corrected chi connectivity index (χ0v) is 17.9. The Morgan fingerprint density at radius 3 is 2.79 bits per heavy atom. The maximum Gasteiger partial charge on any atom is 0.404 e. The first-order valence-corrected chi connectivity index (χ1v) is 10.5. The number of primary amides is 1. The van der Waals surface area contributed by atoms with Crippen LogP contribution < -0.4 is 5.73 Å². The first-order chi connectivity index (χ1) is 13.9. The standard InChI is InChI=1S/C21H23ClN4O2S/c1-14(2)19-20(29-17-7-3-6-16(22)11-17)26(13-15-5-4-9-24-12-15)18(25-19)8-10-28-21(23)27/h3-7,9,11-12,14H,8,10,13H2,1-2H3,(H2,23,27). The van der Waals surface area contributed by atoms with Crippen molar-refractivity contribution in [3.63, 3.8) is 0 Å². The predicted octanol–water partition coefficient (Wildman–Crippen LogP) is 4.89. The van der Waals surface area contributed by atoms with Gasteiger partial charge in [0.15, 0.2) is 0 Å². The summed E-state index contributed by atoms with van der Waals surface area (Å²) in [6.07, 6.45) is 3.28. The van der Waals surface area contributed by atoms with Crippen LogP contribution in [0.4, 0.5) is 4.79 Å². The third kappa shape index (κ3) is 5.74. The van der Waals surface area contributed by atoms with Gasteiger partial charge in [-0.25, -0.2) is 9.78 Å². The summed E-state index contributed by atoms with van der Waals surface area (Å²) in [6.45, 7) is 5.02. The molecule has 6 nitrogen and oxygen atoms in total. The number of carbonyl (C=O) groups excluding carboxylic acids is 1. The Bertz CT molecular complexity index is 976. The molecule has 0 aliphatic heterocycles. The fourth-order valence-corrected chi connectivity index (χ4v) is 4.38. The largest absolute Gasteiger partial charge is 0.449 e. The minimum Gasteiger partial charge on any atom is -0.449 e. The van der Waals surface area contributed by atoms with Crippen molar-refractivity contribution in [2.24, 2.45) is 5.73 Å². The van der Waals surface area contributed by atoms with Gasteiger partial charge in [0, 0.05) is 28.7 Å². The summed E-state index contributed by atoms with van der Waals surface area (Å²) in [7, 11) is 0. The van der Waals surface area contributed by atoms with Crippen LogP contribution in [0.2, 0.25) is 5.02 Å². The number of amides is 1. The van der Waals surface area contributed by atoms with Crippen LogP contribution in [0.25, 0.3) is 0 Å². The smallest absolute Gasteiger partial charge is 0.404 e. The summed E-state index contributed by atoms with van der Waals surface area (Å²) in [5.41, 5.74) is 7.16. The van der Waals surface area contributed by atoms with E-state index in [9.17, 15) is 4.79 Å². The SMILES string of the molecule is CC(C)c1nc(CCOC(N)=O)n(Cc2cccnc2)c1Sc1cccc(Cl)c1. The van der Waals surface area contributed by atoms with Gasteiger partial charge in [0.05, 0.1) is 12.2 Å². The number of nitrogens with zero attached hydrogens (tertiary/aromatic N) is 3. The van der Waals surface area contributed by atoms with Crippen molar-refractivity contribution < 1.29 is 9.53 Å². The number of benzene rings is 1. The van der Waals surface area contributed by atoms with Crippen LogP contribution in [-0.2, 0) is 17.7 Å². The molecule has 0 saturated heterocycles. The molecular weight excluding hydrogens is 408 g/mol. The molecule has 1 amide bonds. The van der Waals surface area contributed by atoms with Crippen molar-refractivity contribution in [3.05, 3.63) is 70.9 Å². The maximum atomic E-state index is 11.0. The number of imidazole rings is 1. The van der Waals surface area contributed by atoms with Crippen LogP contribution in [0.5, 0.6) is 0 Å².